The highest BCUT2D eigenvalue weighted by Gasteiger charge is 2.27. The van der Waals surface area contributed by atoms with E-state index in [1.807, 2.05) is 30.5 Å². The number of carbonyl (C=O) groups is 2. The highest BCUT2D eigenvalue weighted by Crippen LogP contribution is 2.39. The average molecular weight is 456 g/mol. The number of anilines is 1. The van der Waals surface area contributed by atoms with Gasteiger partial charge in [-0.25, -0.2) is 4.79 Å². The lowest BCUT2D eigenvalue weighted by atomic mass is 9.95. The summed E-state index contributed by atoms with van der Waals surface area (Å²) in [5.41, 5.74) is 4.79. The molecule has 0 aliphatic heterocycles. The van der Waals surface area contributed by atoms with Gasteiger partial charge in [-0.05, 0) is 73.7 Å². The molecular formula is C24H25NO4S2. The van der Waals surface area contributed by atoms with Crippen LogP contribution in [0.1, 0.15) is 60.0 Å². The van der Waals surface area contributed by atoms with Gasteiger partial charge < -0.3 is 14.8 Å². The number of methoxy groups -OCH3 is 1. The molecule has 0 unspecified atom stereocenters. The molecule has 1 aromatic carbocycles. The highest BCUT2D eigenvalue weighted by molar-refractivity contribution is 7.17. The number of rotatable bonds is 6. The van der Waals surface area contributed by atoms with Gasteiger partial charge in [-0.3, -0.25) is 4.79 Å². The number of benzene rings is 1. The second kappa shape index (κ2) is 9.24. The summed E-state index contributed by atoms with van der Waals surface area (Å²) in [7, 11) is 1.38. The molecule has 2 aromatic heterocycles. The van der Waals surface area contributed by atoms with Gasteiger partial charge in [0.2, 0.25) is 0 Å². The zero-order valence-electron chi connectivity index (χ0n) is 17.9. The Balaban J connectivity index is 1.48. The Morgan fingerprint density at radius 1 is 1.16 bits per heavy atom. The molecule has 0 spiro atoms. The molecule has 3 aromatic rings. The van der Waals surface area contributed by atoms with Gasteiger partial charge in [0.05, 0.1) is 17.6 Å². The third kappa shape index (κ3) is 4.52. The number of ether oxygens (including phenoxy) is 2. The molecule has 0 fully saturated rings. The van der Waals surface area contributed by atoms with Crippen LogP contribution in [0.15, 0.2) is 29.6 Å². The van der Waals surface area contributed by atoms with Crippen LogP contribution in [0.25, 0.3) is 0 Å². The lowest BCUT2D eigenvalue weighted by Crippen LogP contribution is -2.14. The van der Waals surface area contributed by atoms with Crippen LogP contribution in [0.5, 0.6) is 5.75 Å². The van der Waals surface area contributed by atoms with Gasteiger partial charge in [0.25, 0.3) is 5.91 Å². The molecule has 1 amide bonds. The summed E-state index contributed by atoms with van der Waals surface area (Å²) in [6, 6.07) is 7.83. The van der Waals surface area contributed by atoms with E-state index in [9.17, 15) is 9.59 Å². The third-order valence-corrected chi connectivity index (χ3v) is 7.80. The summed E-state index contributed by atoms with van der Waals surface area (Å²) in [5.74, 6) is 0.249. The summed E-state index contributed by atoms with van der Waals surface area (Å²) in [6.07, 6.45) is 3.95. The molecule has 1 aliphatic carbocycles. The van der Waals surface area contributed by atoms with Crippen molar-refractivity contribution >= 4 is 39.6 Å². The van der Waals surface area contributed by atoms with Crippen LogP contribution >= 0.6 is 22.7 Å². The van der Waals surface area contributed by atoms with Crippen LogP contribution in [-0.4, -0.2) is 19.0 Å². The van der Waals surface area contributed by atoms with Crippen LogP contribution in [0.2, 0.25) is 0 Å². The summed E-state index contributed by atoms with van der Waals surface area (Å²) in [4.78, 5) is 27.0. The molecular weight excluding hydrogens is 430 g/mol. The van der Waals surface area contributed by atoms with Crippen LogP contribution in [0.3, 0.4) is 0 Å². The normalized spacial score (nSPS) is 12.9. The number of amides is 1. The standard InChI is InChI=1S/C24H25NO4S2/c1-14-7-6-9-18(15(14)2)29-12-16-11-20(30-13-16)22(26)25-23-21(24(27)28-3)17-8-4-5-10-19(17)31-23/h6-7,9,11,13H,4-5,8,10,12H2,1-3H3,(H,25,26). The zero-order valence-corrected chi connectivity index (χ0v) is 19.5. The molecule has 1 aliphatic rings. The molecule has 0 radical (unpaired) electrons. The third-order valence-electron chi connectivity index (χ3n) is 5.61. The minimum absolute atomic E-state index is 0.216. The fourth-order valence-electron chi connectivity index (χ4n) is 3.75. The quantitative estimate of drug-likeness (QED) is 0.468. The summed E-state index contributed by atoms with van der Waals surface area (Å²) in [6.45, 7) is 4.49. The van der Waals surface area contributed by atoms with Gasteiger partial charge in [0.1, 0.15) is 17.4 Å². The zero-order chi connectivity index (χ0) is 22.0. The summed E-state index contributed by atoms with van der Waals surface area (Å²) < 4.78 is 10.9. The first-order valence-electron chi connectivity index (χ1n) is 10.3. The first kappa shape index (κ1) is 21.6. The van der Waals surface area contributed by atoms with Crippen LogP contribution in [-0.2, 0) is 24.2 Å². The fourth-order valence-corrected chi connectivity index (χ4v) is 5.81. The van der Waals surface area contributed by atoms with Crippen molar-refractivity contribution in [2.24, 2.45) is 0 Å². The van der Waals surface area contributed by atoms with Crippen molar-refractivity contribution in [3.63, 3.8) is 0 Å². The Hall–Kier alpha value is -2.64. The first-order chi connectivity index (χ1) is 15.0. The Morgan fingerprint density at radius 3 is 2.77 bits per heavy atom. The lowest BCUT2D eigenvalue weighted by molar-refractivity contribution is 0.0601. The number of fused-ring (bicyclic) bond motifs is 1. The molecule has 4 rings (SSSR count). The molecule has 5 nitrogen and oxygen atoms in total. The number of hydrogen-bond donors (Lipinski definition) is 1. The van der Waals surface area contributed by atoms with Crippen LogP contribution < -0.4 is 10.1 Å². The van der Waals surface area contributed by atoms with E-state index in [1.165, 1.54) is 40.2 Å². The summed E-state index contributed by atoms with van der Waals surface area (Å²) in [5, 5.41) is 5.47. The molecule has 0 saturated carbocycles. The van der Waals surface area contributed by atoms with E-state index >= 15 is 0 Å². The smallest absolute Gasteiger partial charge is 0.341 e. The molecule has 0 atom stereocenters. The van der Waals surface area contributed by atoms with Crippen molar-refractivity contribution in [3.8, 4) is 5.75 Å². The highest BCUT2D eigenvalue weighted by atomic mass is 32.1. The molecule has 31 heavy (non-hydrogen) atoms. The van der Waals surface area contributed by atoms with Gasteiger partial charge in [0, 0.05) is 10.4 Å². The molecule has 2 heterocycles. The Morgan fingerprint density at radius 2 is 1.97 bits per heavy atom. The van der Waals surface area contributed by atoms with Crippen molar-refractivity contribution in [3.05, 3.63) is 67.2 Å². The van der Waals surface area contributed by atoms with E-state index in [-0.39, 0.29) is 11.9 Å². The van der Waals surface area contributed by atoms with Gasteiger partial charge in [0.15, 0.2) is 0 Å². The van der Waals surface area contributed by atoms with Crippen molar-refractivity contribution in [2.45, 2.75) is 46.1 Å². The Bertz CT molecular complexity index is 1130. The van der Waals surface area contributed by atoms with E-state index in [0.717, 1.165) is 48.1 Å². The number of thiophene rings is 2. The van der Waals surface area contributed by atoms with Gasteiger partial charge in [-0.15, -0.1) is 22.7 Å². The number of carbonyl (C=O) groups excluding carboxylic acids is 2. The van der Waals surface area contributed by atoms with Crippen molar-refractivity contribution in [1.29, 1.82) is 0 Å². The predicted octanol–water partition coefficient (Wildman–Crippen LogP) is 5.92. The van der Waals surface area contributed by atoms with Gasteiger partial charge in [-0.2, -0.15) is 0 Å². The maximum absolute atomic E-state index is 12.9. The topological polar surface area (TPSA) is 64.6 Å². The molecule has 162 valence electrons. The Kier molecular flexibility index (Phi) is 6.43. The maximum Gasteiger partial charge on any atom is 0.341 e. The molecule has 7 heteroatoms. The van der Waals surface area contributed by atoms with E-state index in [4.69, 9.17) is 9.47 Å². The van der Waals surface area contributed by atoms with Crippen molar-refractivity contribution < 1.29 is 19.1 Å². The molecule has 1 N–H and O–H groups in total. The summed E-state index contributed by atoms with van der Waals surface area (Å²) >= 11 is 2.86. The number of aryl methyl sites for hydroxylation is 2. The minimum Gasteiger partial charge on any atom is -0.489 e. The van der Waals surface area contributed by atoms with Crippen molar-refractivity contribution in [2.75, 3.05) is 12.4 Å². The van der Waals surface area contributed by atoms with E-state index in [0.29, 0.717) is 22.0 Å². The van der Waals surface area contributed by atoms with E-state index in [1.54, 1.807) is 0 Å². The predicted molar refractivity (Wildman–Crippen MR) is 125 cm³/mol. The maximum atomic E-state index is 12.9. The first-order valence-corrected chi connectivity index (χ1v) is 12.0. The molecule has 0 saturated heterocycles. The van der Waals surface area contributed by atoms with Crippen LogP contribution in [0.4, 0.5) is 5.00 Å². The van der Waals surface area contributed by atoms with Gasteiger partial charge in [-0.1, -0.05) is 12.1 Å². The monoisotopic (exact) mass is 455 g/mol. The number of nitrogens with one attached hydrogen (secondary N) is 1. The lowest BCUT2D eigenvalue weighted by Gasteiger charge is -2.11. The van der Waals surface area contributed by atoms with E-state index < -0.39 is 0 Å². The molecule has 0 bridgehead atoms. The fraction of sp³-hybridized carbons (Fsp3) is 0.333. The number of hydrogen-bond acceptors (Lipinski definition) is 6. The van der Waals surface area contributed by atoms with Gasteiger partial charge >= 0.3 is 5.97 Å². The SMILES string of the molecule is COC(=O)c1c(NC(=O)c2cc(COc3cccc(C)c3C)cs2)sc2c1CCCC2. The van der Waals surface area contributed by atoms with Crippen LogP contribution in [0, 0.1) is 13.8 Å². The number of esters is 1. The second-order valence-corrected chi connectivity index (χ2v) is 9.68. The average Bonchev–Trinajstić information content (AvgIpc) is 3.38. The second-order valence-electron chi connectivity index (χ2n) is 7.67. The minimum atomic E-state index is -0.386. The van der Waals surface area contributed by atoms with E-state index in [2.05, 4.69) is 18.3 Å². The Labute approximate surface area is 190 Å². The van der Waals surface area contributed by atoms with Crippen molar-refractivity contribution in [1.82, 2.24) is 0 Å². The largest absolute Gasteiger partial charge is 0.489 e.